The van der Waals surface area contributed by atoms with Crippen LogP contribution < -0.4 is 0 Å². The standard InChI is InChI=1S/C20H22N4O2/c1-12-17(14(3)25)10-18(13(2)21-12)20-22-19(23-26-20)16-8-6-15(7-9-16)11-24(4)5/h6-10H,11H2,1-5H3. The third kappa shape index (κ3) is 3.70. The van der Waals surface area contributed by atoms with Gasteiger partial charge >= 0.3 is 0 Å². The minimum absolute atomic E-state index is 0.0348. The number of aromatic nitrogens is 3. The van der Waals surface area contributed by atoms with Crippen LogP contribution in [-0.4, -0.2) is 39.9 Å². The van der Waals surface area contributed by atoms with E-state index in [1.54, 1.807) is 6.07 Å². The summed E-state index contributed by atoms with van der Waals surface area (Å²) in [6.07, 6.45) is 0. The molecule has 3 rings (SSSR count). The molecular weight excluding hydrogens is 328 g/mol. The van der Waals surface area contributed by atoms with Crippen LogP contribution in [0.25, 0.3) is 22.8 Å². The maximum Gasteiger partial charge on any atom is 0.260 e. The molecule has 0 saturated heterocycles. The quantitative estimate of drug-likeness (QED) is 0.654. The minimum atomic E-state index is -0.0348. The summed E-state index contributed by atoms with van der Waals surface area (Å²) < 4.78 is 5.43. The van der Waals surface area contributed by atoms with Crippen LogP contribution in [0.2, 0.25) is 0 Å². The predicted molar refractivity (Wildman–Crippen MR) is 99.8 cm³/mol. The summed E-state index contributed by atoms with van der Waals surface area (Å²) in [4.78, 5) is 22.8. The molecule has 0 bridgehead atoms. The zero-order chi connectivity index (χ0) is 18.8. The van der Waals surface area contributed by atoms with E-state index in [1.165, 1.54) is 12.5 Å². The highest BCUT2D eigenvalue weighted by molar-refractivity contribution is 5.96. The van der Waals surface area contributed by atoms with Crippen molar-refractivity contribution in [2.45, 2.75) is 27.3 Å². The Morgan fingerprint density at radius 1 is 1.08 bits per heavy atom. The highest BCUT2D eigenvalue weighted by Gasteiger charge is 2.17. The summed E-state index contributed by atoms with van der Waals surface area (Å²) in [7, 11) is 4.07. The number of hydrogen-bond donors (Lipinski definition) is 0. The van der Waals surface area contributed by atoms with E-state index < -0.39 is 0 Å². The van der Waals surface area contributed by atoms with E-state index in [4.69, 9.17) is 4.52 Å². The summed E-state index contributed by atoms with van der Waals surface area (Å²) in [6, 6.07) is 9.84. The Labute approximate surface area is 152 Å². The number of carbonyl (C=O) groups is 1. The fourth-order valence-electron chi connectivity index (χ4n) is 2.87. The Bertz CT molecular complexity index is 943. The Morgan fingerprint density at radius 2 is 1.77 bits per heavy atom. The number of benzene rings is 1. The lowest BCUT2D eigenvalue weighted by Gasteiger charge is -2.09. The largest absolute Gasteiger partial charge is 0.334 e. The molecule has 6 heteroatoms. The van der Waals surface area contributed by atoms with Gasteiger partial charge in [-0.2, -0.15) is 4.98 Å². The smallest absolute Gasteiger partial charge is 0.260 e. The van der Waals surface area contributed by atoms with Gasteiger partial charge in [-0.3, -0.25) is 9.78 Å². The van der Waals surface area contributed by atoms with Gasteiger partial charge in [-0.1, -0.05) is 29.4 Å². The van der Waals surface area contributed by atoms with Gasteiger partial charge in [0.25, 0.3) is 5.89 Å². The van der Waals surface area contributed by atoms with E-state index in [9.17, 15) is 4.79 Å². The van der Waals surface area contributed by atoms with Crippen molar-refractivity contribution < 1.29 is 9.32 Å². The van der Waals surface area contributed by atoms with Crippen molar-refractivity contribution in [2.24, 2.45) is 0 Å². The SMILES string of the molecule is CC(=O)c1cc(-c2nc(-c3ccc(CN(C)C)cc3)no2)c(C)nc1C. The van der Waals surface area contributed by atoms with Gasteiger partial charge in [-0.25, -0.2) is 0 Å². The van der Waals surface area contributed by atoms with Gasteiger partial charge in [0.1, 0.15) is 0 Å². The van der Waals surface area contributed by atoms with Crippen LogP contribution in [0.1, 0.15) is 34.2 Å². The van der Waals surface area contributed by atoms with Crippen molar-refractivity contribution in [3.63, 3.8) is 0 Å². The van der Waals surface area contributed by atoms with E-state index >= 15 is 0 Å². The average Bonchev–Trinajstić information content (AvgIpc) is 3.04. The molecule has 0 unspecified atom stereocenters. The number of pyridine rings is 1. The summed E-state index contributed by atoms with van der Waals surface area (Å²) in [5.74, 6) is 0.845. The lowest BCUT2D eigenvalue weighted by atomic mass is 10.1. The van der Waals surface area contributed by atoms with E-state index in [2.05, 4.69) is 32.2 Å². The number of aryl methyl sites for hydroxylation is 2. The fourth-order valence-corrected chi connectivity index (χ4v) is 2.87. The molecule has 3 aromatic rings. The van der Waals surface area contributed by atoms with E-state index in [-0.39, 0.29) is 5.78 Å². The summed E-state index contributed by atoms with van der Waals surface area (Å²) in [5.41, 5.74) is 4.81. The first-order valence-corrected chi connectivity index (χ1v) is 8.42. The van der Waals surface area contributed by atoms with Crippen molar-refractivity contribution in [1.29, 1.82) is 0 Å². The van der Waals surface area contributed by atoms with E-state index in [0.717, 1.165) is 17.8 Å². The molecule has 26 heavy (non-hydrogen) atoms. The minimum Gasteiger partial charge on any atom is -0.334 e. The van der Waals surface area contributed by atoms with Crippen LogP contribution >= 0.6 is 0 Å². The fraction of sp³-hybridized carbons (Fsp3) is 0.300. The van der Waals surface area contributed by atoms with Gasteiger partial charge in [0.05, 0.1) is 11.3 Å². The molecule has 2 aromatic heterocycles. The number of hydrogen-bond acceptors (Lipinski definition) is 6. The second kappa shape index (κ2) is 7.17. The third-order valence-corrected chi connectivity index (χ3v) is 4.15. The molecule has 2 heterocycles. The number of rotatable bonds is 5. The molecule has 0 aliphatic carbocycles. The molecule has 134 valence electrons. The maximum absolute atomic E-state index is 11.8. The van der Waals surface area contributed by atoms with Crippen molar-refractivity contribution in [3.8, 4) is 22.8 Å². The van der Waals surface area contributed by atoms with Gasteiger partial charge in [-0.05, 0) is 46.5 Å². The third-order valence-electron chi connectivity index (χ3n) is 4.15. The monoisotopic (exact) mass is 350 g/mol. The summed E-state index contributed by atoms with van der Waals surface area (Å²) in [5, 5.41) is 4.08. The Hall–Kier alpha value is -2.86. The molecule has 0 saturated carbocycles. The lowest BCUT2D eigenvalue weighted by Crippen LogP contribution is -2.10. The summed E-state index contributed by atoms with van der Waals surface area (Å²) in [6.45, 7) is 6.09. The van der Waals surface area contributed by atoms with Gasteiger partial charge in [0, 0.05) is 23.4 Å². The highest BCUT2D eigenvalue weighted by Crippen LogP contribution is 2.26. The van der Waals surface area contributed by atoms with Crippen molar-refractivity contribution in [2.75, 3.05) is 14.1 Å². The predicted octanol–water partition coefficient (Wildman–Crippen LogP) is 3.68. The second-order valence-corrected chi connectivity index (χ2v) is 6.67. The van der Waals surface area contributed by atoms with Crippen molar-refractivity contribution in [1.82, 2.24) is 20.0 Å². The van der Waals surface area contributed by atoms with Crippen LogP contribution in [-0.2, 0) is 6.54 Å². The average molecular weight is 350 g/mol. The first-order chi connectivity index (χ1) is 12.3. The normalized spacial score (nSPS) is 11.2. The van der Waals surface area contributed by atoms with Crippen LogP contribution in [0, 0.1) is 13.8 Å². The molecule has 6 nitrogen and oxygen atoms in total. The Kier molecular flexibility index (Phi) is 4.95. The van der Waals surface area contributed by atoms with Gasteiger partial charge < -0.3 is 9.42 Å². The number of Topliss-reactive ketones (excluding diaryl/α,β-unsaturated/α-hetero) is 1. The van der Waals surface area contributed by atoms with Crippen LogP contribution in [0.5, 0.6) is 0 Å². The zero-order valence-electron chi connectivity index (χ0n) is 15.7. The van der Waals surface area contributed by atoms with Crippen LogP contribution in [0.3, 0.4) is 0 Å². The van der Waals surface area contributed by atoms with Gasteiger partial charge in [0.2, 0.25) is 5.82 Å². The maximum atomic E-state index is 11.8. The number of nitrogens with zero attached hydrogens (tertiary/aromatic N) is 4. The molecule has 0 amide bonds. The van der Waals surface area contributed by atoms with E-state index in [0.29, 0.717) is 28.5 Å². The summed E-state index contributed by atoms with van der Waals surface area (Å²) >= 11 is 0. The molecule has 0 atom stereocenters. The topological polar surface area (TPSA) is 72.1 Å². The Balaban J connectivity index is 1.93. The molecular formula is C20H22N4O2. The molecule has 1 aromatic carbocycles. The first-order valence-electron chi connectivity index (χ1n) is 8.42. The van der Waals surface area contributed by atoms with Crippen LogP contribution in [0.15, 0.2) is 34.9 Å². The first kappa shape index (κ1) is 17.9. The number of carbonyl (C=O) groups excluding carboxylic acids is 1. The molecule has 0 N–H and O–H groups in total. The van der Waals surface area contributed by atoms with Crippen molar-refractivity contribution >= 4 is 5.78 Å². The Morgan fingerprint density at radius 3 is 2.38 bits per heavy atom. The molecule has 0 aliphatic heterocycles. The van der Waals surface area contributed by atoms with Gasteiger partial charge in [0.15, 0.2) is 5.78 Å². The number of ketones is 1. The lowest BCUT2D eigenvalue weighted by molar-refractivity contribution is 0.101. The molecule has 0 aliphatic rings. The molecule has 0 radical (unpaired) electrons. The van der Waals surface area contributed by atoms with Gasteiger partial charge in [-0.15, -0.1) is 0 Å². The molecule has 0 fully saturated rings. The molecule has 0 spiro atoms. The highest BCUT2D eigenvalue weighted by atomic mass is 16.5. The zero-order valence-corrected chi connectivity index (χ0v) is 15.7. The second-order valence-electron chi connectivity index (χ2n) is 6.67. The van der Waals surface area contributed by atoms with E-state index in [1.807, 2.05) is 40.1 Å². The van der Waals surface area contributed by atoms with Crippen LogP contribution in [0.4, 0.5) is 0 Å². The van der Waals surface area contributed by atoms with Crippen molar-refractivity contribution in [3.05, 3.63) is 52.8 Å².